The second-order valence-electron chi connectivity index (χ2n) is 4.60. The second kappa shape index (κ2) is 7.14. The third-order valence-electron chi connectivity index (χ3n) is 2.92. The minimum atomic E-state index is -0.515. The molecule has 1 aromatic heterocycles. The van der Waals surface area contributed by atoms with Gasteiger partial charge in [0, 0.05) is 6.42 Å². The summed E-state index contributed by atoms with van der Waals surface area (Å²) in [5.41, 5.74) is 0.104. The van der Waals surface area contributed by atoms with Crippen molar-refractivity contribution in [3.63, 3.8) is 0 Å². The van der Waals surface area contributed by atoms with Gasteiger partial charge >= 0.3 is 0 Å². The van der Waals surface area contributed by atoms with E-state index in [2.05, 4.69) is 17.2 Å². The molecule has 1 N–H and O–H groups in total. The summed E-state index contributed by atoms with van der Waals surface area (Å²) in [7, 11) is 0. The van der Waals surface area contributed by atoms with E-state index in [9.17, 15) is 8.78 Å². The Bertz CT molecular complexity index is 555. The normalized spacial score (nSPS) is 10.9. The molecule has 20 heavy (non-hydrogen) atoms. The highest BCUT2D eigenvalue weighted by Gasteiger charge is 2.11. The molecule has 0 bridgehead atoms. The Kier molecular flexibility index (Phi) is 5.24. The van der Waals surface area contributed by atoms with Crippen molar-refractivity contribution >= 4 is 0 Å². The maximum absolute atomic E-state index is 13.6. The predicted molar refractivity (Wildman–Crippen MR) is 73.3 cm³/mol. The lowest BCUT2D eigenvalue weighted by Crippen LogP contribution is -2.16. The van der Waals surface area contributed by atoms with Crippen molar-refractivity contribution in [2.24, 2.45) is 0 Å². The zero-order chi connectivity index (χ0) is 14.4. The van der Waals surface area contributed by atoms with Crippen LogP contribution in [0.3, 0.4) is 0 Å². The van der Waals surface area contributed by atoms with Crippen molar-refractivity contribution < 1.29 is 13.2 Å². The molecule has 0 unspecified atom stereocenters. The summed E-state index contributed by atoms with van der Waals surface area (Å²) in [5.74, 6) is -0.206. The highest BCUT2D eigenvalue weighted by atomic mass is 19.1. The average molecular weight is 280 g/mol. The van der Waals surface area contributed by atoms with Crippen LogP contribution in [0.5, 0.6) is 0 Å². The van der Waals surface area contributed by atoms with Crippen LogP contribution < -0.4 is 5.32 Å². The Morgan fingerprint density at radius 1 is 1.25 bits per heavy atom. The van der Waals surface area contributed by atoms with E-state index in [1.54, 1.807) is 0 Å². The van der Waals surface area contributed by atoms with E-state index in [4.69, 9.17) is 4.42 Å². The molecule has 0 atom stereocenters. The fraction of sp³-hybridized carbons (Fsp3) is 0.400. The molecule has 0 fully saturated rings. The van der Waals surface area contributed by atoms with E-state index in [1.807, 2.05) is 0 Å². The third-order valence-corrected chi connectivity index (χ3v) is 2.92. The number of halogens is 2. The van der Waals surface area contributed by atoms with Gasteiger partial charge in [-0.15, -0.1) is 0 Å². The minimum Gasteiger partial charge on any atom is -0.441 e. The molecule has 0 amide bonds. The van der Waals surface area contributed by atoms with Crippen LogP contribution in [0.4, 0.5) is 8.78 Å². The lowest BCUT2D eigenvalue weighted by molar-refractivity contribution is 0.488. The number of benzene rings is 1. The lowest BCUT2D eigenvalue weighted by Gasteiger charge is -2.01. The van der Waals surface area contributed by atoms with Crippen molar-refractivity contribution in [1.29, 1.82) is 0 Å². The zero-order valence-electron chi connectivity index (χ0n) is 11.5. The van der Waals surface area contributed by atoms with E-state index in [0.717, 1.165) is 44.1 Å². The fourth-order valence-corrected chi connectivity index (χ4v) is 1.90. The Balaban J connectivity index is 1.96. The molecular weight excluding hydrogens is 262 g/mol. The molecule has 1 heterocycles. The number of nitrogens with zero attached hydrogens (tertiary/aromatic N) is 1. The largest absolute Gasteiger partial charge is 0.441 e. The predicted octanol–water partition coefficient (Wildman–Crippen LogP) is 3.55. The molecule has 0 aliphatic rings. The van der Waals surface area contributed by atoms with Crippen molar-refractivity contribution in [2.45, 2.75) is 26.2 Å². The molecular formula is C15H18F2N2O. The molecule has 0 aliphatic carbocycles. The molecule has 2 aromatic rings. The molecule has 3 nitrogen and oxygen atoms in total. The standard InChI is InChI=1S/C15H18F2N2O/c1-2-7-18-8-3-4-15-19-10-14(20-15)12-9-11(16)5-6-13(12)17/h5-6,9-10,18H,2-4,7-8H2,1H3. The SMILES string of the molecule is CCCNCCCc1ncc(-c2cc(F)ccc2F)o1. The van der Waals surface area contributed by atoms with Crippen molar-refractivity contribution in [3.8, 4) is 11.3 Å². The van der Waals surface area contributed by atoms with Crippen LogP contribution >= 0.6 is 0 Å². The monoisotopic (exact) mass is 280 g/mol. The first kappa shape index (κ1) is 14.7. The number of hydrogen-bond acceptors (Lipinski definition) is 3. The quantitative estimate of drug-likeness (QED) is 0.788. The first-order valence-electron chi connectivity index (χ1n) is 6.81. The van der Waals surface area contributed by atoms with E-state index >= 15 is 0 Å². The lowest BCUT2D eigenvalue weighted by atomic mass is 10.2. The van der Waals surface area contributed by atoms with Crippen LogP contribution in [0.25, 0.3) is 11.3 Å². The zero-order valence-corrected chi connectivity index (χ0v) is 11.5. The molecule has 0 saturated heterocycles. The summed E-state index contributed by atoms with van der Waals surface area (Å²) < 4.78 is 32.2. The average Bonchev–Trinajstić information content (AvgIpc) is 2.90. The molecule has 2 rings (SSSR count). The van der Waals surface area contributed by atoms with Crippen LogP contribution in [0.2, 0.25) is 0 Å². The van der Waals surface area contributed by atoms with Crippen LogP contribution in [0.15, 0.2) is 28.8 Å². The Hall–Kier alpha value is -1.75. The molecule has 0 radical (unpaired) electrons. The highest BCUT2D eigenvalue weighted by Crippen LogP contribution is 2.24. The maximum Gasteiger partial charge on any atom is 0.194 e. The highest BCUT2D eigenvalue weighted by molar-refractivity contribution is 5.57. The van der Waals surface area contributed by atoms with Crippen LogP contribution in [-0.2, 0) is 6.42 Å². The Morgan fingerprint density at radius 2 is 2.10 bits per heavy atom. The van der Waals surface area contributed by atoms with E-state index in [-0.39, 0.29) is 11.3 Å². The van der Waals surface area contributed by atoms with Gasteiger partial charge in [-0.2, -0.15) is 0 Å². The van der Waals surface area contributed by atoms with E-state index in [0.29, 0.717) is 12.3 Å². The van der Waals surface area contributed by atoms with Crippen molar-refractivity contribution in [3.05, 3.63) is 41.9 Å². The van der Waals surface area contributed by atoms with Gasteiger partial charge in [0.2, 0.25) is 0 Å². The van der Waals surface area contributed by atoms with Gasteiger partial charge in [-0.25, -0.2) is 13.8 Å². The van der Waals surface area contributed by atoms with Crippen molar-refractivity contribution in [2.75, 3.05) is 13.1 Å². The maximum atomic E-state index is 13.6. The van der Waals surface area contributed by atoms with Gasteiger partial charge < -0.3 is 9.73 Å². The minimum absolute atomic E-state index is 0.104. The van der Waals surface area contributed by atoms with E-state index < -0.39 is 11.6 Å². The molecule has 5 heteroatoms. The number of aryl methyl sites for hydroxylation is 1. The Morgan fingerprint density at radius 3 is 2.90 bits per heavy atom. The van der Waals surface area contributed by atoms with Crippen LogP contribution in [0, 0.1) is 11.6 Å². The number of hydrogen-bond donors (Lipinski definition) is 1. The molecule has 0 spiro atoms. The van der Waals surface area contributed by atoms with Crippen molar-refractivity contribution in [1.82, 2.24) is 10.3 Å². The molecule has 0 aliphatic heterocycles. The summed E-state index contributed by atoms with van der Waals surface area (Å²) in [6.45, 7) is 3.99. The number of aromatic nitrogens is 1. The Labute approximate surface area is 117 Å². The third kappa shape index (κ3) is 3.87. The van der Waals surface area contributed by atoms with Gasteiger partial charge in [0.1, 0.15) is 11.6 Å². The number of nitrogens with one attached hydrogen (secondary N) is 1. The second-order valence-corrected chi connectivity index (χ2v) is 4.60. The summed E-state index contributed by atoms with van der Waals surface area (Å²) in [5, 5.41) is 3.28. The smallest absolute Gasteiger partial charge is 0.194 e. The first-order chi connectivity index (χ1) is 9.70. The molecule has 0 saturated carbocycles. The van der Waals surface area contributed by atoms with Gasteiger partial charge in [0.15, 0.2) is 11.7 Å². The topological polar surface area (TPSA) is 38.1 Å². The first-order valence-corrected chi connectivity index (χ1v) is 6.81. The molecule has 108 valence electrons. The van der Waals surface area contributed by atoms with Gasteiger partial charge in [-0.05, 0) is 44.1 Å². The summed E-state index contributed by atoms with van der Waals surface area (Å²) in [6, 6.07) is 3.28. The van der Waals surface area contributed by atoms with E-state index in [1.165, 1.54) is 6.20 Å². The van der Waals surface area contributed by atoms with Crippen LogP contribution in [0.1, 0.15) is 25.7 Å². The number of oxazole rings is 1. The van der Waals surface area contributed by atoms with Gasteiger partial charge in [-0.3, -0.25) is 0 Å². The molecule has 1 aromatic carbocycles. The van der Waals surface area contributed by atoms with Crippen LogP contribution in [-0.4, -0.2) is 18.1 Å². The van der Waals surface area contributed by atoms with Gasteiger partial charge in [0.05, 0.1) is 11.8 Å². The van der Waals surface area contributed by atoms with Gasteiger partial charge in [0.25, 0.3) is 0 Å². The summed E-state index contributed by atoms with van der Waals surface area (Å²) >= 11 is 0. The fourth-order valence-electron chi connectivity index (χ4n) is 1.90. The summed E-state index contributed by atoms with van der Waals surface area (Å²) in [6.07, 6.45) is 4.11. The summed E-state index contributed by atoms with van der Waals surface area (Å²) in [4.78, 5) is 4.10. The van der Waals surface area contributed by atoms with Gasteiger partial charge in [-0.1, -0.05) is 6.92 Å². The number of rotatable bonds is 7.